The van der Waals surface area contributed by atoms with Crippen LogP contribution in [0.3, 0.4) is 0 Å². The Morgan fingerprint density at radius 1 is 1.06 bits per heavy atom. The summed E-state index contributed by atoms with van der Waals surface area (Å²) in [6.07, 6.45) is -3.82. The lowest BCUT2D eigenvalue weighted by Crippen LogP contribution is -2.36. The number of pyridine rings is 2. The number of aromatic amines is 1. The molecule has 5 aromatic rings. The average molecular weight is 738 g/mol. The molecule has 274 valence electrons. The summed E-state index contributed by atoms with van der Waals surface area (Å²) in [4.78, 5) is 33.8. The quantitative estimate of drug-likeness (QED) is 0.124. The van der Waals surface area contributed by atoms with Crippen molar-refractivity contribution in [3.8, 4) is 23.0 Å². The van der Waals surface area contributed by atoms with Crippen LogP contribution >= 0.6 is 0 Å². The summed E-state index contributed by atoms with van der Waals surface area (Å²) in [6, 6.07) is 11.0. The number of nitrogens with zero attached hydrogens (tertiary/aromatic N) is 3. The van der Waals surface area contributed by atoms with E-state index in [1.807, 2.05) is 0 Å². The van der Waals surface area contributed by atoms with Gasteiger partial charge in [-0.1, -0.05) is 18.1 Å². The molecule has 0 bridgehead atoms. The molecule has 3 heterocycles. The third-order valence-electron chi connectivity index (χ3n) is 9.53. The van der Waals surface area contributed by atoms with Gasteiger partial charge in [-0.2, -0.15) is 27.1 Å². The fourth-order valence-electron chi connectivity index (χ4n) is 7.23. The third kappa shape index (κ3) is 6.79. The maximum absolute atomic E-state index is 15.5. The number of halogens is 7. The highest BCUT2D eigenvalue weighted by Gasteiger charge is 2.63. The predicted octanol–water partition coefficient (Wildman–Crippen LogP) is 6.91. The predicted molar refractivity (Wildman–Crippen MR) is 179 cm³/mol. The Morgan fingerprint density at radius 3 is 2.45 bits per heavy atom. The van der Waals surface area contributed by atoms with Crippen molar-refractivity contribution < 1.29 is 40.6 Å². The Hall–Kier alpha value is -5.49. The number of hydrogen-bond donors (Lipinski definition) is 3. The number of carbonyl (C=O) groups is 1. The molecule has 15 heteroatoms. The van der Waals surface area contributed by atoms with E-state index < -0.39 is 82.2 Å². The first-order valence-electron chi connectivity index (χ1n) is 16.6. The zero-order valence-electron chi connectivity index (χ0n) is 28.1. The van der Waals surface area contributed by atoms with Crippen molar-refractivity contribution in [3.63, 3.8) is 0 Å². The summed E-state index contributed by atoms with van der Waals surface area (Å²) in [6.45, 7) is 1.84. The number of nitrogens with one attached hydrogen (secondary N) is 2. The van der Waals surface area contributed by atoms with Crippen molar-refractivity contribution in [2.45, 2.75) is 69.3 Å². The van der Waals surface area contributed by atoms with Gasteiger partial charge in [0.1, 0.15) is 35.2 Å². The Morgan fingerprint density at radius 2 is 1.79 bits per heavy atom. The molecule has 0 spiro atoms. The number of alkyl halides is 5. The Balaban J connectivity index is 1.36. The van der Waals surface area contributed by atoms with E-state index in [9.17, 15) is 36.6 Å². The zero-order chi connectivity index (χ0) is 38.0. The van der Waals surface area contributed by atoms with E-state index >= 15 is 8.78 Å². The van der Waals surface area contributed by atoms with Crippen LogP contribution in [0.15, 0.2) is 65.6 Å². The summed E-state index contributed by atoms with van der Waals surface area (Å²) in [5.41, 5.74) is -3.88. The molecular formula is C38H30F7N5O3. The number of benzene rings is 2. The van der Waals surface area contributed by atoms with Crippen molar-refractivity contribution in [1.29, 1.82) is 0 Å². The second-order valence-electron chi connectivity index (χ2n) is 13.8. The maximum Gasteiger partial charge on any atom is 0.435 e. The van der Waals surface area contributed by atoms with E-state index in [0.717, 1.165) is 12.1 Å². The summed E-state index contributed by atoms with van der Waals surface area (Å²) >= 11 is 0. The van der Waals surface area contributed by atoms with Gasteiger partial charge in [0, 0.05) is 34.7 Å². The molecule has 0 radical (unpaired) electrons. The number of H-pyrrole nitrogens is 1. The molecule has 0 aliphatic heterocycles. The van der Waals surface area contributed by atoms with Gasteiger partial charge in [-0.05, 0) is 97.9 Å². The number of rotatable bonds is 7. The molecule has 1 fully saturated rings. The van der Waals surface area contributed by atoms with Crippen LogP contribution in [0, 0.1) is 29.4 Å². The number of aromatic nitrogens is 4. The number of carbonyl (C=O) groups excluding carboxylic acids is 1. The van der Waals surface area contributed by atoms with E-state index in [4.69, 9.17) is 0 Å². The van der Waals surface area contributed by atoms with Gasteiger partial charge in [-0.25, -0.2) is 13.8 Å². The standard InChI is InChI=1S/C38H30F7N5O3/c1-36(2,53)12-10-22-6-7-25(23-4-3-5-26-24(23)11-13-46-35(26)52)32(47-22)29(16-19-14-20(39)17-21(40)15-19)48-30(51)18-50-34-31(33(49-50)38(43,44)45)27-8-9-28(27)37(34,41)42/h3-7,11,13-15,17,27-29,53H,8-9,16,18H2,1-2H3,(H,46,52)(H,48,51). The second kappa shape index (κ2) is 12.9. The number of hydrogen-bond acceptors (Lipinski definition) is 5. The van der Waals surface area contributed by atoms with Gasteiger partial charge in [0.25, 0.3) is 11.5 Å². The maximum atomic E-state index is 15.5. The normalized spacial score (nSPS) is 18.1. The van der Waals surface area contributed by atoms with Crippen LogP contribution in [0.25, 0.3) is 21.9 Å². The average Bonchev–Trinajstić information content (AvgIpc) is 3.48. The first-order valence-corrected chi connectivity index (χ1v) is 16.6. The SMILES string of the molecule is CC(C)(O)C#Cc1ccc(-c2cccc3c(=O)[nH]ccc23)c(C(Cc2cc(F)cc(F)c2)NC(=O)Cn2nc(C(F)(F)F)c3c2C(F)(F)C2CCC32)n1. The van der Waals surface area contributed by atoms with Crippen LogP contribution in [0.1, 0.15) is 72.6 Å². The summed E-state index contributed by atoms with van der Waals surface area (Å²) in [5.74, 6) is -3.58. The minimum Gasteiger partial charge on any atom is -0.378 e. The fraction of sp³-hybridized carbons (Fsp3) is 0.316. The smallest absolute Gasteiger partial charge is 0.378 e. The van der Waals surface area contributed by atoms with Gasteiger partial charge in [-0.15, -0.1) is 0 Å². The van der Waals surface area contributed by atoms with Gasteiger partial charge >= 0.3 is 6.18 Å². The summed E-state index contributed by atoms with van der Waals surface area (Å²) in [7, 11) is 0. The summed E-state index contributed by atoms with van der Waals surface area (Å²) < 4.78 is 103. The molecule has 53 heavy (non-hydrogen) atoms. The van der Waals surface area contributed by atoms with Gasteiger partial charge in [0.15, 0.2) is 5.69 Å². The fourth-order valence-corrected chi connectivity index (χ4v) is 7.23. The highest BCUT2D eigenvalue weighted by atomic mass is 19.4. The van der Waals surface area contributed by atoms with E-state index in [1.54, 1.807) is 30.3 Å². The van der Waals surface area contributed by atoms with Crippen LogP contribution < -0.4 is 10.9 Å². The third-order valence-corrected chi connectivity index (χ3v) is 9.53. The minimum absolute atomic E-state index is 0.0172. The molecule has 7 rings (SSSR count). The van der Waals surface area contributed by atoms with Crippen molar-refractivity contribution in [1.82, 2.24) is 25.1 Å². The highest BCUT2D eigenvalue weighted by molar-refractivity contribution is 5.96. The molecular weight excluding hydrogens is 707 g/mol. The Kier molecular flexibility index (Phi) is 8.72. The van der Waals surface area contributed by atoms with E-state index in [1.165, 1.54) is 26.1 Å². The van der Waals surface area contributed by atoms with Crippen LogP contribution in [0.4, 0.5) is 30.7 Å². The lowest BCUT2D eigenvalue weighted by molar-refractivity contribution is -0.144. The number of fused-ring (bicyclic) bond motifs is 4. The minimum atomic E-state index is -5.06. The van der Waals surface area contributed by atoms with E-state index in [0.29, 0.717) is 32.6 Å². The lowest BCUT2D eigenvalue weighted by atomic mass is 9.73. The molecule has 0 saturated heterocycles. The molecule has 1 saturated carbocycles. The molecule has 2 aliphatic carbocycles. The van der Waals surface area contributed by atoms with Gasteiger partial charge < -0.3 is 15.4 Å². The first kappa shape index (κ1) is 35.9. The van der Waals surface area contributed by atoms with Crippen LogP contribution in [-0.2, 0) is 29.9 Å². The van der Waals surface area contributed by atoms with Crippen molar-refractivity contribution in [2.75, 3.05) is 0 Å². The van der Waals surface area contributed by atoms with Crippen molar-refractivity contribution in [2.24, 2.45) is 5.92 Å². The monoisotopic (exact) mass is 737 g/mol. The van der Waals surface area contributed by atoms with E-state index in [-0.39, 0.29) is 36.2 Å². The molecule has 8 nitrogen and oxygen atoms in total. The molecule has 3 N–H and O–H groups in total. The topological polar surface area (TPSA) is 113 Å². The van der Waals surface area contributed by atoms with Crippen LogP contribution in [0.2, 0.25) is 0 Å². The molecule has 1 amide bonds. The molecule has 2 aliphatic rings. The lowest BCUT2D eigenvalue weighted by Gasteiger charge is -2.34. The van der Waals surface area contributed by atoms with Crippen molar-refractivity contribution >= 4 is 16.7 Å². The van der Waals surface area contributed by atoms with Gasteiger partial charge in [0.05, 0.1) is 11.7 Å². The number of aliphatic hydroxyl groups is 1. The highest BCUT2D eigenvalue weighted by Crippen LogP contribution is 2.64. The molecule has 3 aromatic heterocycles. The Labute approximate surface area is 297 Å². The van der Waals surface area contributed by atoms with Crippen LogP contribution in [0.5, 0.6) is 0 Å². The molecule has 3 unspecified atom stereocenters. The van der Waals surface area contributed by atoms with E-state index in [2.05, 4.69) is 32.2 Å². The number of amides is 1. The summed E-state index contributed by atoms with van der Waals surface area (Å²) in [5, 5.41) is 17.1. The van der Waals surface area contributed by atoms with Crippen molar-refractivity contribution in [3.05, 3.63) is 117 Å². The molecule has 2 aromatic carbocycles. The zero-order valence-corrected chi connectivity index (χ0v) is 28.1. The first-order chi connectivity index (χ1) is 24.9. The Bertz CT molecular complexity index is 2380. The van der Waals surface area contributed by atoms with Crippen LogP contribution in [-0.4, -0.2) is 36.4 Å². The molecule has 3 atom stereocenters. The largest absolute Gasteiger partial charge is 0.435 e. The van der Waals surface area contributed by atoms with Gasteiger partial charge in [0.2, 0.25) is 5.91 Å². The second-order valence-corrected chi connectivity index (χ2v) is 13.8. The van der Waals surface area contributed by atoms with Gasteiger partial charge in [-0.3, -0.25) is 14.3 Å².